The third-order valence-corrected chi connectivity index (χ3v) is 5.02. The average molecular weight is 364 g/mol. The lowest BCUT2D eigenvalue weighted by Gasteiger charge is -2.22. The van der Waals surface area contributed by atoms with Gasteiger partial charge < -0.3 is 4.90 Å². The highest BCUT2D eigenvalue weighted by Gasteiger charge is 2.22. The maximum atomic E-state index is 13.1. The van der Waals surface area contributed by atoms with Gasteiger partial charge in [-0.15, -0.1) is 0 Å². The van der Waals surface area contributed by atoms with Gasteiger partial charge in [0.05, 0.1) is 17.3 Å². The fourth-order valence-corrected chi connectivity index (χ4v) is 3.59. The van der Waals surface area contributed by atoms with Crippen molar-refractivity contribution in [3.05, 3.63) is 54.1 Å². The summed E-state index contributed by atoms with van der Waals surface area (Å²) in [5, 5.41) is 4.35. The SMILES string of the molecule is CCn1cc(CN2CCCN(C(=O)c3cccc4nccnc34)CC2)cn1. The van der Waals surface area contributed by atoms with E-state index in [-0.39, 0.29) is 5.91 Å². The summed E-state index contributed by atoms with van der Waals surface area (Å²) in [6.45, 7) is 7.18. The minimum absolute atomic E-state index is 0.0433. The van der Waals surface area contributed by atoms with Gasteiger partial charge in [-0.1, -0.05) is 6.07 Å². The van der Waals surface area contributed by atoms with Gasteiger partial charge in [-0.25, -0.2) is 0 Å². The lowest BCUT2D eigenvalue weighted by molar-refractivity contribution is 0.0763. The number of hydrogen-bond donors (Lipinski definition) is 0. The first kappa shape index (κ1) is 17.6. The van der Waals surface area contributed by atoms with Crippen molar-refractivity contribution in [2.45, 2.75) is 26.4 Å². The fourth-order valence-electron chi connectivity index (χ4n) is 3.59. The smallest absolute Gasteiger partial charge is 0.256 e. The Kier molecular flexibility index (Phi) is 5.11. The zero-order valence-corrected chi connectivity index (χ0v) is 15.6. The quantitative estimate of drug-likeness (QED) is 0.710. The molecule has 3 heterocycles. The molecule has 0 bridgehead atoms. The Hall–Kier alpha value is -2.80. The topological polar surface area (TPSA) is 67.2 Å². The van der Waals surface area contributed by atoms with E-state index in [1.807, 2.05) is 34.0 Å². The van der Waals surface area contributed by atoms with Crippen molar-refractivity contribution < 1.29 is 4.79 Å². The van der Waals surface area contributed by atoms with E-state index < -0.39 is 0 Å². The minimum atomic E-state index is 0.0433. The van der Waals surface area contributed by atoms with E-state index in [0.29, 0.717) is 11.1 Å². The zero-order chi connectivity index (χ0) is 18.6. The number of amides is 1. The molecule has 0 aliphatic carbocycles. The number of nitrogens with zero attached hydrogens (tertiary/aromatic N) is 6. The molecule has 0 spiro atoms. The van der Waals surface area contributed by atoms with Crippen LogP contribution >= 0.6 is 0 Å². The maximum Gasteiger partial charge on any atom is 0.256 e. The van der Waals surface area contributed by atoms with Crippen LogP contribution in [-0.2, 0) is 13.1 Å². The lowest BCUT2D eigenvalue weighted by Crippen LogP contribution is -2.35. The first-order valence-corrected chi connectivity index (χ1v) is 9.47. The molecular weight excluding hydrogens is 340 g/mol. The van der Waals surface area contributed by atoms with Gasteiger partial charge in [0.15, 0.2) is 0 Å². The van der Waals surface area contributed by atoms with Crippen LogP contribution in [0.15, 0.2) is 43.0 Å². The van der Waals surface area contributed by atoms with Crippen LogP contribution in [0.4, 0.5) is 0 Å². The molecule has 140 valence electrons. The number of para-hydroxylation sites is 1. The molecule has 0 N–H and O–H groups in total. The molecule has 0 unspecified atom stereocenters. The number of hydrogen-bond acceptors (Lipinski definition) is 5. The lowest BCUT2D eigenvalue weighted by atomic mass is 10.1. The molecule has 2 aromatic heterocycles. The van der Waals surface area contributed by atoms with Gasteiger partial charge >= 0.3 is 0 Å². The molecule has 4 rings (SSSR count). The predicted octanol–water partition coefficient (Wildman–Crippen LogP) is 2.19. The van der Waals surface area contributed by atoms with Gasteiger partial charge in [0, 0.05) is 63.4 Å². The molecule has 1 fully saturated rings. The van der Waals surface area contributed by atoms with Crippen LogP contribution in [0.5, 0.6) is 0 Å². The van der Waals surface area contributed by atoms with Crippen LogP contribution in [0.1, 0.15) is 29.3 Å². The summed E-state index contributed by atoms with van der Waals surface area (Å²) < 4.78 is 1.95. The van der Waals surface area contributed by atoms with Gasteiger partial charge in [0.1, 0.15) is 5.52 Å². The van der Waals surface area contributed by atoms with Crippen molar-refractivity contribution in [3.8, 4) is 0 Å². The van der Waals surface area contributed by atoms with Crippen molar-refractivity contribution in [1.29, 1.82) is 0 Å². The van der Waals surface area contributed by atoms with E-state index >= 15 is 0 Å². The van der Waals surface area contributed by atoms with Crippen molar-refractivity contribution in [3.63, 3.8) is 0 Å². The van der Waals surface area contributed by atoms with E-state index in [9.17, 15) is 4.79 Å². The summed E-state index contributed by atoms with van der Waals surface area (Å²) >= 11 is 0. The number of aryl methyl sites for hydroxylation is 1. The first-order chi connectivity index (χ1) is 13.2. The molecule has 1 saturated heterocycles. The summed E-state index contributed by atoms with van der Waals surface area (Å²) in [6.07, 6.45) is 8.29. The third-order valence-electron chi connectivity index (χ3n) is 5.02. The number of benzene rings is 1. The van der Waals surface area contributed by atoms with Gasteiger partial charge in [-0.3, -0.25) is 24.3 Å². The molecule has 27 heavy (non-hydrogen) atoms. The first-order valence-electron chi connectivity index (χ1n) is 9.47. The van der Waals surface area contributed by atoms with E-state index in [1.165, 1.54) is 5.56 Å². The van der Waals surface area contributed by atoms with Crippen LogP contribution in [0.2, 0.25) is 0 Å². The standard InChI is InChI=1S/C20H24N6O/c1-2-26-15-16(13-23-26)14-24-9-4-10-25(12-11-24)20(27)17-5-3-6-18-19(17)22-8-7-21-18/h3,5-8,13,15H,2,4,9-12,14H2,1H3. The van der Waals surface area contributed by atoms with Crippen molar-refractivity contribution in [1.82, 2.24) is 29.5 Å². The van der Waals surface area contributed by atoms with Crippen LogP contribution in [-0.4, -0.2) is 61.6 Å². The van der Waals surface area contributed by atoms with E-state index in [1.54, 1.807) is 12.4 Å². The highest BCUT2D eigenvalue weighted by molar-refractivity contribution is 6.04. The van der Waals surface area contributed by atoms with E-state index in [0.717, 1.165) is 51.2 Å². The maximum absolute atomic E-state index is 13.1. The Morgan fingerprint density at radius 3 is 2.85 bits per heavy atom. The second kappa shape index (κ2) is 7.84. The molecule has 1 aliphatic rings. The van der Waals surface area contributed by atoms with Crippen LogP contribution in [0.25, 0.3) is 11.0 Å². The molecule has 1 aliphatic heterocycles. The number of carbonyl (C=O) groups is 1. The summed E-state index contributed by atoms with van der Waals surface area (Å²) in [7, 11) is 0. The molecule has 7 heteroatoms. The number of fused-ring (bicyclic) bond motifs is 1. The van der Waals surface area contributed by atoms with Gasteiger partial charge in [0.25, 0.3) is 5.91 Å². The number of carbonyl (C=O) groups excluding carboxylic acids is 1. The Morgan fingerprint density at radius 2 is 2.00 bits per heavy atom. The monoisotopic (exact) mass is 364 g/mol. The summed E-state index contributed by atoms with van der Waals surface area (Å²) in [6, 6.07) is 5.61. The fraction of sp³-hybridized carbons (Fsp3) is 0.400. The Morgan fingerprint density at radius 1 is 1.11 bits per heavy atom. The van der Waals surface area contributed by atoms with Crippen molar-refractivity contribution in [2.24, 2.45) is 0 Å². The molecule has 1 aromatic carbocycles. The zero-order valence-electron chi connectivity index (χ0n) is 15.6. The molecule has 0 saturated carbocycles. The summed E-state index contributed by atoms with van der Waals surface area (Å²) in [4.78, 5) is 26.1. The number of rotatable bonds is 4. The number of aromatic nitrogens is 4. The Bertz CT molecular complexity index is 932. The van der Waals surface area contributed by atoms with Gasteiger partial charge in [-0.05, 0) is 25.5 Å². The Balaban J connectivity index is 1.45. The molecule has 1 amide bonds. The molecule has 3 aromatic rings. The van der Waals surface area contributed by atoms with E-state index in [4.69, 9.17) is 0 Å². The second-order valence-corrected chi connectivity index (χ2v) is 6.86. The average Bonchev–Trinajstić information content (AvgIpc) is 3.04. The van der Waals surface area contributed by atoms with Crippen LogP contribution in [0, 0.1) is 0 Å². The van der Waals surface area contributed by atoms with Gasteiger partial charge in [0.2, 0.25) is 0 Å². The van der Waals surface area contributed by atoms with Crippen molar-refractivity contribution in [2.75, 3.05) is 26.2 Å². The minimum Gasteiger partial charge on any atom is -0.337 e. The molecule has 7 nitrogen and oxygen atoms in total. The highest BCUT2D eigenvalue weighted by Crippen LogP contribution is 2.17. The second-order valence-electron chi connectivity index (χ2n) is 6.86. The molecule has 0 radical (unpaired) electrons. The van der Waals surface area contributed by atoms with E-state index in [2.05, 4.69) is 33.1 Å². The van der Waals surface area contributed by atoms with Gasteiger partial charge in [-0.2, -0.15) is 5.10 Å². The van der Waals surface area contributed by atoms with Crippen molar-refractivity contribution >= 4 is 16.9 Å². The summed E-state index contributed by atoms with van der Waals surface area (Å²) in [5.41, 5.74) is 3.30. The van der Waals surface area contributed by atoms with Crippen LogP contribution in [0.3, 0.4) is 0 Å². The third kappa shape index (κ3) is 3.83. The Labute approximate surface area is 158 Å². The highest BCUT2D eigenvalue weighted by atomic mass is 16.2. The normalized spacial score (nSPS) is 15.8. The molecule has 0 atom stereocenters. The van der Waals surface area contributed by atoms with Crippen LogP contribution < -0.4 is 0 Å². The molecular formula is C20H24N6O. The largest absolute Gasteiger partial charge is 0.337 e. The summed E-state index contributed by atoms with van der Waals surface area (Å²) in [5.74, 6) is 0.0433. The predicted molar refractivity (Wildman–Crippen MR) is 103 cm³/mol.